The molecule has 0 saturated heterocycles. The van der Waals surface area contributed by atoms with Gasteiger partial charge in [-0.1, -0.05) is 23.7 Å². The summed E-state index contributed by atoms with van der Waals surface area (Å²) in [5.74, 6) is 0.108. The van der Waals surface area contributed by atoms with Crippen LogP contribution in [0.5, 0.6) is 5.75 Å². The highest BCUT2D eigenvalue weighted by atomic mass is 35.5. The largest absolute Gasteiger partial charge is 0.508 e. The predicted octanol–water partition coefficient (Wildman–Crippen LogP) is 1.55. The van der Waals surface area contributed by atoms with Crippen molar-refractivity contribution in [1.29, 1.82) is 0 Å². The molecule has 0 aliphatic heterocycles. The van der Waals surface area contributed by atoms with E-state index in [1.807, 2.05) is 0 Å². The van der Waals surface area contributed by atoms with Gasteiger partial charge in [-0.25, -0.2) is 8.42 Å². The maximum atomic E-state index is 12.4. The number of aromatic hydroxyl groups is 1. The number of hydrogen-bond acceptors (Lipinski definition) is 4. The first-order valence-electron chi connectivity index (χ1n) is 5.93. The van der Waals surface area contributed by atoms with Crippen LogP contribution >= 0.6 is 11.6 Å². The first kappa shape index (κ1) is 15.6. The molecule has 0 atom stereocenters. The highest BCUT2D eigenvalue weighted by molar-refractivity contribution is 7.89. The minimum atomic E-state index is -3.77. The van der Waals surface area contributed by atoms with E-state index in [0.717, 1.165) is 22.1 Å². The molecule has 1 heterocycles. The molecule has 0 bridgehead atoms. The third kappa shape index (κ3) is 3.44. The SMILES string of the molecule is CN(Cc1ccc(O)cc1)S(=O)(=O)c1c[nH]c(=O)c(Cl)c1. The van der Waals surface area contributed by atoms with Crippen molar-refractivity contribution in [2.75, 3.05) is 7.05 Å². The molecule has 6 nitrogen and oxygen atoms in total. The predicted molar refractivity (Wildman–Crippen MR) is 78.8 cm³/mol. The van der Waals surface area contributed by atoms with Crippen LogP contribution in [-0.2, 0) is 16.6 Å². The van der Waals surface area contributed by atoms with Gasteiger partial charge in [0.05, 0.1) is 4.90 Å². The Hall–Kier alpha value is -1.83. The zero-order valence-corrected chi connectivity index (χ0v) is 12.6. The topological polar surface area (TPSA) is 90.5 Å². The van der Waals surface area contributed by atoms with Gasteiger partial charge >= 0.3 is 0 Å². The van der Waals surface area contributed by atoms with Gasteiger partial charge in [0.25, 0.3) is 5.56 Å². The van der Waals surface area contributed by atoms with Crippen LogP contribution in [0, 0.1) is 0 Å². The first-order valence-corrected chi connectivity index (χ1v) is 7.75. The van der Waals surface area contributed by atoms with Crippen molar-refractivity contribution in [3.63, 3.8) is 0 Å². The summed E-state index contributed by atoms with van der Waals surface area (Å²) in [6.45, 7) is 0.124. The molecule has 1 aromatic heterocycles. The Balaban J connectivity index is 2.27. The highest BCUT2D eigenvalue weighted by Gasteiger charge is 2.22. The fraction of sp³-hybridized carbons (Fsp3) is 0.154. The van der Waals surface area contributed by atoms with Crippen LogP contribution in [0.4, 0.5) is 0 Å². The number of phenolic OH excluding ortho intramolecular Hbond substituents is 1. The Morgan fingerprint density at radius 3 is 2.48 bits per heavy atom. The first-order chi connectivity index (χ1) is 9.80. The number of nitrogens with one attached hydrogen (secondary N) is 1. The van der Waals surface area contributed by atoms with Crippen LogP contribution in [0.1, 0.15) is 5.56 Å². The number of pyridine rings is 1. The molecule has 21 heavy (non-hydrogen) atoms. The third-order valence-corrected chi connectivity index (χ3v) is 4.94. The number of hydrogen-bond donors (Lipinski definition) is 2. The van der Waals surface area contributed by atoms with Gasteiger partial charge in [-0.3, -0.25) is 4.79 Å². The number of benzene rings is 1. The fourth-order valence-electron chi connectivity index (χ4n) is 1.71. The van der Waals surface area contributed by atoms with Gasteiger partial charge in [0, 0.05) is 19.8 Å². The molecule has 0 aliphatic rings. The average Bonchev–Trinajstić information content (AvgIpc) is 2.44. The molecule has 0 radical (unpaired) electrons. The van der Waals surface area contributed by atoms with E-state index in [-0.39, 0.29) is 22.2 Å². The minimum Gasteiger partial charge on any atom is -0.508 e. The number of H-pyrrole nitrogens is 1. The van der Waals surface area contributed by atoms with Gasteiger partial charge < -0.3 is 10.1 Å². The van der Waals surface area contributed by atoms with Crippen LogP contribution in [0.2, 0.25) is 5.02 Å². The summed E-state index contributed by atoms with van der Waals surface area (Å²) in [5, 5.41) is 9.02. The standard InChI is InChI=1S/C13H13ClN2O4S/c1-16(8-9-2-4-10(17)5-3-9)21(19,20)11-6-12(14)13(18)15-7-11/h2-7,17H,8H2,1H3,(H,15,18). The number of aromatic amines is 1. The number of rotatable bonds is 4. The van der Waals surface area contributed by atoms with E-state index >= 15 is 0 Å². The fourth-order valence-corrected chi connectivity index (χ4v) is 3.10. The van der Waals surface area contributed by atoms with Gasteiger partial charge in [-0.05, 0) is 23.8 Å². The lowest BCUT2D eigenvalue weighted by atomic mass is 10.2. The number of aromatic nitrogens is 1. The molecular weight excluding hydrogens is 316 g/mol. The van der Waals surface area contributed by atoms with Gasteiger partial charge in [-0.2, -0.15) is 4.31 Å². The van der Waals surface area contributed by atoms with Gasteiger partial charge in [0.2, 0.25) is 10.0 Å². The van der Waals surface area contributed by atoms with Crippen molar-refractivity contribution in [3.05, 3.63) is 57.5 Å². The van der Waals surface area contributed by atoms with Gasteiger partial charge in [0.1, 0.15) is 10.8 Å². The Morgan fingerprint density at radius 1 is 1.29 bits per heavy atom. The molecule has 0 fully saturated rings. The van der Waals surface area contributed by atoms with Gasteiger partial charge in [0.15, 0.2) is 0 Å². The second-order valence-corrected chi connectivity index (χ2v) is 6.89. The van der Waals surface area contributed by atoms with Crippen molar-refractivity contribution in [2.45, 2.75) is 11.4 Å². The van der Waals surface area contributed by atoms with Crippen molar-refractivity contribution < 1.29 is 13.5 Å². The number of halogens is 1. The summed E-state index contributed by atoms with van der Waals surface area (Å²) in [6.07, 6.45) is 1.11. The molecule has 1 aromatic carbocycles. The van der Waals surface area contributed by atoms with Gasteiger partial charge in [-0.15, -0.1) is 0 Å². The second-order valence-electron chi connectivity index (χ2n) is 4.44. The van der Waals surface area contributed by atoms with Crippen molar-refractivity contribution >= 4 is 21.6 Å². The van der Waals surface area contributed by atoms with E-state index in [1.54, 1.807) is 12.1 Å². The molecular formula is C13H13ClN2O4S. The minimum absolute atomic E-state index is 0.0895. The maximum absolute atomic E-state index is 12.4. The molecule has 0 unspecified atom stereocenters. The summed E-state index contributed by atoms with van der Waals surface area (Å²) >= 11 is 5.65. The van der Waals surface area contributed by atoms with Crippen molar-refractivity contribution in [2.24, 2.45) is 0 Å². The van der Waals surface area contributed by atoms with Crippen LogP contribution < -0.4 is 5.56 Å². The molecule has 0 aliphatic carbocycles. The van der Waals surface area contributed by atoms with E-state index < -0.39 is 15.6 Å². The number of phenols is 1. The van der Waals surface area contributed by atoms with E-state index in [1.165, 1.54) is 19.2 Å². The van der Waals surface area contributed by atoms with Crippen molar-refractivity contribution in [3.8, 4) is 5.75 Å². The van der Waals surface area contributed by atoms with Crippen molar-refractivity contribution in [1.82, 2.24) is 9.29 Å². The van der Waals surface area contributed by atoms with Crippen LogP contribution in [0.15, 0.2) is 46.2 Å². The summed E-state index contributed by atoms with van der Waals surface area (Å²) in [5.41, 5.74) is 0.172. The summed E-state index contributed by atoms with van der Waals surface area (Å²) in [6, 6.07) is 7.32. The normalized spacial score (nSPS) is 11.8. The van der Waals surface area contributed by atoms with Crippen LogP contribution in [0.25, 0.3) is 0 Å². The van der Waals surface area contributed by atoms with Crippen LogP contribution in [0.3, 0.4) is 0 Å². The van der Waals surface area contributed by atoms with E-state index in [9.17, 15) is 18.3 Å². The zero-order valence-electron chi connectivity index (χ0n) is 11.1. The molecule has 0 amide bonds. The number of sulfonamides is 1. The Labute approximate surface area is 126 Å². The van der Waals surface area contributed by atoms with E-state index in [2.05, 4.69) is 4.98 Å². The number of nitrogens with zero attached hydrogens (tertiary/aromatic N) is 1. The molecule has 2 aromatic rings. The Morgan fingerprint density at radius 2 is 1.90 bits per heavy atom. The van der Waals surface area contributed by atoms with Crippen LogP contribution in [-0.4, -0.2) is 29.9 Å². The highest BCUT2D eigenvalue weighted by Crippen LogP contribution is 2.18. The summed E-state index contributed by atoms with van der Waals surface area (Å²) in [4.78, 5) is 13.4. The average molecular weight is 329 g/mol. The molecule has 2 N–H and O–H groups in total. The Kier molecular flexibility index (Phi) is 4.36. The summed E-state index contributed by atoms with van der Waals surface area (Å²) in [7, 11) is -2.35. The maximum Gasteiger partial charge on any atom is 0.266 e. The molecule has 2 rings (SSSR count). The lowest BCUT2D eigenvalue weighted by molar-refractivity contribution is 0.463. The summed E-state index contributed by atoms with van der Waals surface area (Å²) < 4.78 is 25.9. The van der Waals surface area contributed by atoms with E-state index in [4.69, 9.17) is 11.6 Å². The smallest absolute Gasteiger partial charge is 0.266 e. The monoisotopic (exact) mass is 328 g/mol. The molecule has 112 valence electrons. The Bertz CT molecular complexity index is 800. The molecule has 0 spiro atoms. The molecule has 8 heteroatoms. The van der Waals surface area contributed by atoms with E-state index in [0.29, 0.717) is 0 Å². The second kappa shape index (κ2) is 5.88. The third-order valence-electron chi connectivity index (χ3n) is 2.88. The molecule has 0 saturated carbocycles. The lowest BCUT2D eigenvalue weighted by Crippen LogP contribution is -2.27. The quantitative estimate of drug-likeness (QED) is 0.891. The lowest BCUT2D eigenvalue weighted by Gasteiger charge is -2.17. The zero-order chi connectivity index (χ0) is 15.6.